The summed E-state index contributed by atoms with van der Waals surface area (Å²) in [6.07, 6.45) is 2.01. The Morgan fingerprint density at radius 1 is 0.423 bits per heavy atom. The van der Waals surface area contributed by atoms with E-state index in [-0.39, 0.29) is 0 Å². The molecule has 0 radical (unpaired) electrons. The summed E-state index contributed by atoms with van der Waals surface area (Å²) in [7, 11) is 0. The van der Waals surface area contributed by atoms with Crippen molar-refractivity contribution < 1.29 is 0 Å². The number of hydrogen-bond acceptors (Lipinski definition) is 0. The number of rotatable bonds is 4. The van der Waals surface area contributed by atoms with E-state index >= 15 is 0 Å². The van der Waals surface area contributed by atoms with Gasteiger partial charge < -0.3 is 0 Å². The van der Waals surface area contributed by atoms with Crippen molar-refractivity contribution in [3.8, 4) is 0 Å². The van der Waals surface area contributed by atoms with Crippen LogP contribution in [-0.4, -0.2) is 0 Å². The van der Waals surface area contributed by atoms with Gasteiger partial charge in [0.2, 0.25) is 0 Å². The second-order valence-corrected chi connectivity index (χ2v) is 7.71. The van der Waals surface area contributed by atoms with E-state index in [1.165, 1.54) is 55.6 Å². The third kappa shape index (κ3) is 3.60. The molecule has 0 aliphatic heterocycles. The van der Waals surface area contributed by atoms with Gasteiger partial charge in [-0.05, 0) is 110 Å². The summed E-state index contributed by atoms with van der Waals surface area (Å²) in [6.45, 7) is 13.4. The van der Waals surface area contributed by atoms with E-state index in [4.69, 9.17) is 0 Å². The molecular weight excluding hydrogens is 312 g/mol. The van der Waals surface area contributed by atoms with Crippen molar-refractivity contribution in [3.05, 3.63) is 104 Å². The fourth-order valence-corrected chi connectivity index (χ4v) is 3.72. The molecule has 0 spiro atoms. The van der Waals surface area contributed by atoms with Gasteiger partial charge in [-0.2, -0.15) is 0 Å². The second kappa shape index (κ2) is 7.50. The molecule has 0 heteroatoms. The highest BCUT2D eigenvalue weighted by molar-refractivity contribution is 5.45. The number of hydrogen-bond donors (Lipinski definition) is 0. The normalized spacial score (nSPS) is 11.0. The topological polar surface area (TPSA) is 0 Å². The number of aryl methyl sites for hydroxylation is 2. The summed E-state index contributed by atoms with van der Waals surface area (Å²) >= 11 is 0. The van der Waals surface area contributed by atoms with E-state index in [0.717, 1.165) is 12.8 Å². The highest BCUT2D eigenvalue weighted by Crippen LogP contribution is 2.25. The maximum absolute atomic E-state index is 2.30. The fourth-order valence-electron chi connectivity index (χ4n) is 3.72. The molecule has 0 heterocycles. The summed E-state index contributed by atoms with van der Waals surface area (Å²) in [5.41, 5.74) is 14.2. The smallest absolute Gasteiger partial charge is 0.00202 e. The molecule has 0 saturated carbocycles. The van der Waals surface area contributed by atoms with Crippen molar-refractivity contribution in [2.24, 2.45) is 0 Å². The Morgan fingerprint density at radius 2 is 0.808 bits per heavy atom. The molecule has 0 fully saturated rings. The van der Waals surface area contributed by atoms with Crippen LogP contribution in [0.2, 0.25) is 0 Å². The summed E-state index contributed by atoms with van der Waals surface area (Å²) in [5, 5.41) is 0. The molecule has 134 valence electrons. The lowest BCUT2D eigenvalue weighted by molar-refractivity contribution is 1.05. The average Bonchev–Trinajstić information content (AvgIpc) is 2.64. The molecule has 3 aromatic rings. The average molecular weight is 343 g/mol. The summed E-state index contributed by atoms with van der Waals surface area (Å²) in [4.78, 5) is 0. The first-order chi connectivity index (χ1) is 12.4. The van der Waals surface area contributed by atoms with Crippen LogP contribution in [0.15, 0.2) is 48.5 Å². The predicted octanol–water partition coefficient (Wildman–Crippen LogP) is 6.72. The van der Waals surface area contributed by atoms with Gasteiger partial charge in [0.05, 0.1) is 0 Å². The molecule has 3 aromatic carbocycles. The van der Waals surface area contributed by atoms with Crippen molar-refractivity contribution in [3.63, 3.8) is 0 Å². The fraction of sp³-hybridized carbons (Fsp3) is 0.308. The monoisotopic (exact) mass is 342 g/mol. The molecule has 0 nitrogen and oxygen atoms in total. The maximum atomic E-state index is 2.30. The van der Waals surface area contributed by atoms with Gasteiger partial charge in [-0.1, -0.05) is 48.5 Å². The molecule has 0 N–H and O–H groups in total. The molecule has 0 bridgehead atoms. The zero-order valence-corrected chi connectivity index (χ0v) is 17.0. The van der Waals surface area contributed by atoms with E-state index < -0.39 is 0 Å². The van der Waals surface area contributed by atoms with Gasteiger partial charge in [0.1, 0.15) is 0 Å². The molecule has 0 aromatic heterocycles. The third-order valence-electron chi connectivity index (χ3n) is 6.22. The van der Waals surface area contributed by atoms with Crippen molar-refractivity contribution in [2.45, 2.75) is 54.4 Å². The molecule has 0 aliphatic carbocycles. The van der Waals surface area contributed by atoms with Crippen LogP contribution < -0.4 is 0 Å². The first-order valence-electron chi connectivity index (χ1n) is 9.56. The Hall–Kier alpha value is -2.34. The highest BCUT2D eigenvalue weighted by atomic mass is 14.2. The quantitative estimate of drug-likeness (QED) is 0.494. The second-order valence-electron chi connectivity index (χ2n) is 7.71. The van der Waals surface area contributed by atoms with Crippen LogP contribution >= 0.6 is 0 Å². The molecule has 26 heavy (non-hydrogen) atoms. The maximum Gasteiger partial charge on any atom is -0.00202 e. The Kier molecular flexibility index (Phi) is 5.32. The van der Waals surface area contributed by atoms with Gasteiger partial charge in [0.15, 0.2) is 0 Å². The first-order valence-corrected chi connectivity index (χ1v) is 9.56. The van der Waals surface area contributed by atoms with Crippen LogP contribution in [0.1, 0.15) is 55.6 Å². The van der Waals surface area contributed by atoms with Crippen molar-refractivity contribution in [1.82, 2.24) is 0 Å². The lowest BCUT2D eigenvalue weighted by Crippen LogP contribution is -2.02. The minimum absolute atomic E-state index is 1.01. The molecule has 0 aliphatic rings. The van der Waals surface area contributed by atoms with Crippen LogP contribution in [0.5, 0.6) is 0 Å². The molecule has 0 atom stereocenters. The Balaban J connectivity index is 1.95. The number of benzene rings is 3. The SMILES string of the molecule is Cc1ccc(Cc2ccccc2Cc2ccc(C)c(C)c2C)c(C)c1C. The zero-order valence-electron chi connectivity index (χ0n) is 17.0. The molecule has 3 rings (SSSR count). The van der Waals surface area contributed by atoms with Crippen LogP contribution in [0.25, 0.3) is 0 Å². The molecular formula is C26H30. The predicted molar refractivity (Wildman–Crippen MR) is 113 cm³/mol. The highest BCUT2D eigenvalue weighted by Gasteiger charge is 2.10. The van der Waals surface area contributed by atoms with Gasteiger partial charge in [-0.15, -0.1) is 0 Å². The molecule has 0 unspecified atom stereocenters. The van der Waals surface area contributed by atoms with E-state index in [1.54, 1.807) is 0 Å². The van der Waals surface area contributed by atoms with Crippen molar-refractivity contribution in [1.29, 1.82) is 0 Å². The lowest BCUT2D eigenvalue weighted by Gasteiger charge is -2.16. The summed E-state index contributed by atoms with van der Waals surface area (Å²) < 4.78 is 0. The van der Waals surface area contributed by atoms with Crippen molar-refractivity contribution in [2.75, 3.05) is 0 Å². The van der Waals surface area contributed by atoms with Gasteiger partial charge in [0.25, 0.3) is 0 Å². The largest absolute Gasteiger partial charge is 0.0620 e. The van der Waals surface area contributed by atoms with E-state index in [0.29, 0.717) is 0 Å². The third-order valence-corrected chi connectivity index (χ3v) is 6.22. The van der Waals surface area contributed by atoms with Crippen molar-refractivity contribution >= 4 is 0 Å². The zero-order chi connectivity index (χ0) is 18.8. The van der Waals surface area contributed by atoms with E-state index in [2.05, 4.69) is 90.1 Å². The van der Waals surface area contributed by atoms with Gasteiger partial charge in [-0.25, -0.2) is 0 Å². The van der Waals surface area contributed by atoms with Gasteiger partial charge in [0, 0.05) is 0 Å². The van der Waals surface area contributed by atoms with Crippen LogP contribution in [-0.2, 0) is 12.8 Å². The summed E-state index contributed by atoms with van der Waals surface area (Å²) in [6, 6.07) is 18.0. The first kappa shape index (κ1) is 18.5. The van der Waals surface area contributed by atoms with Crippen LogP contribution in [0, 0.1) is 41.5 Å². The summed E-state index contributed by atoms with van der Waals surface area (Å²) in [5.74, 6) is 0. The van der Waals surface area contributed by atoms with E-state index in [9.17, 15) is 0 Å². The Labute approximate surface area is 158 Å². The van der Waals surface area contributed by atoms with E-state index in [1.807, 2.05) is 0 Å². The van der Waals surface area contributed by atoms with Crippen LogP contribution in [0.4, 0.5) is 0 Å². The minimum atomic E-state index is 1.01. The van der Waals surface area contributed by atoms with Gasteiger partial charge in [-0.3, -0.25) is 0 Å². The molecule has 0 saturated heterocycles. The minimum Gasteiger partial charge on any atom is -0.0620 e. The van der Waals surface area contributed by atoms with Gasteiger partial charge >= 0.3 is 0 Å². The standard InChI is InChI=1S/C26H30/c1-17-11-13-23(21(5)19(17)3)15-25-9-7-8-10-26(25)16-24-14-12-18(2)20(4)22(24)6/h7-14H,15-16H2,1-6H3. The molecule has 0 amide bonds. The Morgan fingerprint density at radius 3 is 1.19 bits per heavy atom. The lowest BCUT2D eigenvalue weighted by atomic mass is 9.89. The Bertz CT molecular complexity index is 866. The van der Waals surface area contributed by atoms with Crippen LogP contribution in [0.3, 0.4) is 0 Å².